The second-order valence-electron chi connectivity index (χ2n) is 3.86. The molecule has 3 nitrogen and oxygen atoms in total. The lowest BCUT2D eigenvalue weighted by Crippen LogP contribution is -2.11. The minimum absolute atomic E-state index is 0.103. The topological polar surface area (TPSA) is 39.2 Å². The van der Waals surface area contributed by atoms with Gasteiger partial charge in [-0.25, -0.2) is 9.78 Å². The number of aryl methyl sites for hydroxylation is 1. The second kappa shape index (κ2) is 4.98. The van der Waals surface area contributed by atoms with Gasteiger partial charge in [0.15, 0.2) is 0 Å². The highest BCUT2D eigenvalue weighted by Gasteiger charge is 2.18. The number of aromatic nitrogens is 1. The molecule has 0 amide bonds. The Balaban J connectivity index is 2.28. The van der Waals surface area contributed by atoms with Gasteiger partial charge in [-0.1, -0.05) is 6.07 Å². The number of rotatable bonds is 3. The van der Waals surface area contributed by atoms with Gasteiger partial charge in [0.2, 0.25) is 0 Å². The Labute approximate surface area is 108 Å². The molecule has 2 aromatic rings. The van der Waals surface area contributed by atoms with Gasteiger partial charge in [0.1, 0.15) is 9.88 Å². The third kappa shape index (κ3) is 2.73. The Morgan fingerprint density at radius 2 is 2.24 bits per heavy atom. The van der Waals surface area contributed by atoms with Crippen LogP contribution < -0.4 is 0 Å². The van der Waals surface area contributed by atoms with Crippen molar-refractivity contribution in [2.45, 2.75) is 26.9 Å². The summed E-state index contributed by atoms with van der Waals surface area (Å²) in [6, 6.07) is 3.98. The van der Waals surface area contributed by atoms with Crippen molar-refractivity contribution in [3.05, 3.63) is 28.1 Å². The van der Waals surface area contributed by atoms with E-state index in [1.807, 2.05) is 38.3 Å². The lowest BCUT2D eigenvalue weighted by atomic mass is 10.4. The molecule has 0 aliphatic heterocycles. The molecule has 0 saturated heterocycles. The Morgan fingerprint density at radius 1 is 1.47 bits per heavy atom. The van der Waals surface area contributed by atoms with Crippen LogP contribution in [0.2, 0.25) is 0 Å². The van der Waals surface area contributed by atoms with Crippen LogP contribution in [0, 0.1) is 6.92 Å². The zero-order valence-electron chi connectivity index (χ0n) is 9.89. The lowest BCUT2D eigenvalue weighted by Gasteiger charge is -2.05. The van der Waals surface area contributed by atoms with Gasteiger partial charge >= 0.3 is 5.97 Å². The second-order valence-corrected chi connectivity index (χ2v) is 5.81. The van der Waals surface area contributed by atoms with E-state index >= 15 is 0 Å². The Hall–Kier alpha value is -1.20. The van der Waals surface area contributed by atoms with E-state index in [0.717, 1.165) is 15.6 Å². The van der Waals surface area contributed by atoms with Gasteiger partial charge in [0, 0.05) is 0 Å². The molecule has 0 unspecified atom stereocenters. The smallest absolute Gasteiger partial charge is 0.350 e. The molecule has 5 heteroatoms. The molecule has 90 valence electrons. The number of esters is 1. The zero-order chi connectivity index (χ0) is 12.4. The van der Waals surface area contributed by atoms with Crippen LogP contribution in [-0.4, -0.2) is 17.1 Å². The maximum absolute atomic E-state index is 11.8. The fraction of sp³-hybridized carbons (Fsp3) is 0.333. The van der Waals surface area contributed by atoms with E-state index < -0.39 is 0 Å². The van der Waals surface area contributed by atoms with Crippen molar-refractivity contribution in [3.8, 4) is 9.88 Å². The first-order valence-corrected chi connectivity index (χ1v) is 7.00. The fourth-order valence-corrected chi connectivity index (χ4v) is 3.11. The van der Waals surface area contributed by atoms with Gasteiger partial charge < -0.3 is 4.74 Å². The van der Waals surface area contributed by atoms with Crippen LogP contribution in [0.25, 0.3) is 9.88 Å². The first-order chi connectivity index (χ1) is 8.08. The number of thiophene rings is 1. The van der Waals surface area contributed by atoms with Crippen LogP contribution in [0.5, 0.6) is 0 Å². The maximum atomic E-state index is 11.8. The van der Waals surface area contributed by atoms with Gasteiger partial charge in [-0.2, -0.15) is 0 Å². The van der Waals surface area contributed by atoms with Gasteiger partial charge in [-0.15, -0.1) is 22.7 Å². The summed E-state index contributed by atoms with van der Waals surface area (Å²) < 4.78 is 5.18. The zero-order valence-corrected chi connectivity index (χ0v) is 11.5. The van der Waals surface area contributed by atoms with Gasteiger partial charge in [0.25, 0.3) is 0 Å². The summed E-state index contributed by atoms with van der Waals surface area (Å²) in [6.07, 6.45) is -0.103. The summed E-state index contributed by atoms with van der Waals surface area (Å²) in [5.41, 5.74) is 0.740. The van der Waals surface area contributed by atoms with Crippen molar-refractivity contribution >= 4 is 28.6 Å². The number of ether oxygens (including phenoxy) is 1. The first-order valence-electron chi connectivity index (χ1n) is 5.30. The summed E-state index contributed by atoms with van der Waals surface area (Å²) >= 11 is 3.01. The van der Waals surface area contributed by atoms with E-state index in [1.165, 1.54) is 11.3 Å². The predicted octanol–water partition coefficient (Wildman–Crippen LogP) is 3.75. The minimum Gasteiger partial charge on any atom is -0.459 e. The molecule has 0 spiro atoms. The van der Waals surface area contributed by atoms with Crippen molar-refractivity contribution in [1.82, 2.24) is 4.98 Å². The monoisotopic (exact) mass is 267 g/mol. The summed E-state index contributed by atoms with van der Waals surface area (Å²) in [6.45, 7) is 5.52. The van der Waals surface area contributed by atoms with E-state index in [4.69, 9.17) is 4.74 Å². The van der Waals surface area contributed by atoms with Crippen LogP contribution >= 0.6 is 22.7 Å². The van der Waals surface area contributed by atoms with E-state index in [-0.39, 0.29) is 12.1 Å². The quantitative estimate of drug-likeness (QED) is 0.795. The maximum Gasteiger partial charge on any atom is 0.350 e. The predicted molar refractivity (Wildman–Crippen MR) is 70.7 cm³/mol. The van der Waals surface area contributed by atoms with E-state index in [9.17, 15) is 4.79 Å². The van der Waals surface area contributed by atoms with Crippen LogP contribution in [0.1, 0.15) is 29.2 Å². The molecule has 0 radical (unpaired) electrons. The van der Waals surface area contributed by atoms with Crippen LogP contribution in [-0.2, 0) is 4.74 Å². The van der Waals surface area contributed by atoms with Crippen molar-refractivity contribution in [2.24, 2.45) is 0 Å². The molecule has 0 aliphatic rings. The van der Waals surface area contributed by atoms with Crippen molar-refractivity contribution in [3.63, 3.8) is 0 Å². The van der Waals surface area contributed by atoms with Crippen LogP contribution in [0.4, 0.5) is 0 Å². The Morgan fingerprint density at radius 3 is 2.82 bits per heavy atom. The van der Waals surface area contributed by atoms with Crippen molar-refractivity contribution in [1.29, 1.82) is 0 Å². The minimum atomic E-state index is -0.280. The van der Waals surface area contributed by atoms with Gasteiger partial charge in [-0.3, -0.25) is 0 Å². The number of nitrogens with zero attached hydrogens (tertiary/aromatic N) is 1. The number of carbonyl (C=O) groups excluding carboxylic acids is 1. The van der Waals surface area contributed by atoms with Gasteiger partial charge in [-0.05, 0) is 32.2 Å². The summed E-state index contributed by atoms with van der Waals surface area (Å²) in [7, 11) is 0. The van der Waals surface area contributed by atoms with Crippen molar-refractivity contribution in [2.75, 3.05) is 0 Å². The molecular formula is C12H13NO2S2. The average Bonchev–Trinajstić information content (AvgIpc) is 2.84. The third-order valence-corrected chi connectivity index (χ3v) is 4.23. The molecule has 0 bridgehead atoms. The normalized spacial score (nSPS) is 10.8. The molecule has 0 fully saturated rings. The first kappa shape index (κ1) is 12.3. The SMILES string of the molecule is Cc1nc(-c2cccs2)sc1C(=O)OC(C)C. The molecular weight excluding hydrogens is 254 g/mol. The number of thiazole rings is 1. The summed E-state index contributed by atoms with van der Waals surface area (Å²) in [5, 5.41) is 2.88. The fourth-order valence-electron chi connectivity index (χ4n) is 1.36. The largest absolute Gasteiger partial charge is 0.459 e. The number of carbonyl (C=O) groups is 1. The van der Waals surface area contributed by atoms with Crippen LogP contribution in [0.15, 0.2) is 17.5 Å². The molecule has 2 rings (SSSR count). The van der Waals surface area contributed by atoms with E-state index in [1.54, 1.807) is 11.3 Å². The van der Waals surface area contributed by atoms with E-state index in [2.05, 4.69) is 4.98 Å². The average molecular weight is 267 g/mol. The molecule has 2 aromatic heterocycles. The molecule has 0 atom stereocenters. The molecule has 0 aromatic carbocycles. The molecule has 0 aliphatic carbocycles. The van der Waals surface area contributed by atoms with Crippen LogP contribution in [0.3, 0.4) is 0 Å². The molecule has 17 heavy (non-hydrogen) atoms. The third-order valence-electron chi connectivity index (χ3n) is 2.06. The summed E-state index contributed by atoms with van der Waals surface area (Å²) in [5.74, 6) is -0.280. The highest BCUT2D eigenvalue weighted by Crippen LogP contribution is 2.31. The highest BCUT2D eigenvalue weighted by atomic mass is 32.1. The van der Waals surface area contributed by atoms with Gasteiger partial charge in [0.05, 0.1) is 16.7 Å². The molecule has 2 heterocycles. The number of hydrogen-bond donors (Lipinski definition) is 0. The summed E-state index contributed by atoms with van der Waals surface area (Å²) in [4.78, 5) is 17.9. The lowest BCUT2D eigenvalue weighted by molar-refractivity contribution is 0.0382. The molecule has 0 N–H and O–H groups in total. The standard InChI is InChI=1S/C12H13NO2S2/c1-7(2)15-12(14)10-8(3)13-11(17-10)9-5-4-6-16-9/h4-7H,1-3H3. The highest BCUT2D eigenvalue weighted by molar-refractivity contribution is 7.22. The number of hydrogen-bond acceptors (Lipinski definition) is 5. The Kier molecular flexibility index (Phi) is 3.59. The molecule has 0 saturated carbocycles. The van der Waals surface area contributed by atoms with Crippen molar-refractivity contribution < 1.29 is 9.53 Å². The van der Waals surface area contributed by atoms with E-state index in [0.29, 0.717) is 4.88 Å². The Bertz CT molecular complexity index is 515.